The van der Waals surface area contributed by atoms with Gasteiger partial charge in [0.15, 0.2) is 0 Å². The van der Waals surface area contributed by atoms with Gasteiger partial charge in [-0.1, -0.05) is 6.58 Å². The van der Waals surface area contributed by atoms with E-state index in [9.17, 15) is 23.7 Å². The molecule has 0 spiro atoms. The molecule has 0 aromatic carbocycles. The summed E-state index contributed by atoms with van der Waals surface area (Å²) in [5.74, 6) is 0.156. The van der Waals surface area contributed by atoms with Crippen molar-refractivity contribution in [3.8, 4) is 0 Å². The lowest BCUT2D eigenvalue weighted by molar-refractivity contribution is -0.0308. The van der Waals surface area contributed by atoms with E-state index in [1.807, 2.05) is 0 Å². The normalized spacial score (nSPS) is 26.9. The summed E-state index contributed by atoms with van der Waals surface area (Å²) in [6, 6.07) is 0. The number of ether oxygens (including phenoxy) is 1. The Morgan fingerprint density at radius 1 is 1.21 bits per heavy atom. The minimum Gasteiger partial charge on any atom is -0.469 e. The molecule has 0 saturated carbocycles. The molecule has 0 aliphatic carbocycles. The van der Waals surface area contributed by atoms with Gasteiger partial charge in [0, 0.05) is 6.20 Å². The highest BCUT2D eigenvalue weighted by molar-refractivity contribution is 7.66. The second-order valence-corrected chi connectivity index (χ2v) is 9.59. The van der Waals surface area contributed by atoms with E-state index in [0.717, 1.165) is 6.08 Å². The molecule has 2 aliphatic rings. The van der Waals surface area contributed by atoms with E-state index in [0.29, 0.717) is 0 Å². The number of amidine groups is 1. The van der Waals surface area contributed by atoms with E-state index >= 15 is 0 Å². The van der Waals surface area contributed by atoms with Gasteiger partial charge in [0.1, 0.15) is 30.1 Å². The monoisotopic (exact) mass is 463 g/mol. The molecule has 2 unspecified atom stereocenters. The number of aliphatic hydroxyl groups excluding tert-OH is 1. The smallest absolute Gasteiger partial charge is 0.469 e. The van der Waals surface area contributed by atoms with E-state index in [-0.39, 0.29) is 17.4 Å². The zero-order valence-corrected chi connectivity index (χ0v) is 16.4. The lowest BCUT2D eigenvalue weighted by Gasteiger charge is -2.30. The van der Waals surface area contributed by atoms with Crippen LogP contribution in [0.2, 0.25) is 0 Å². The molecule has 28 heavy (non-hydrogen) atoms. The third-order valence-electron chi connectivity index (χ3n) is 2.94. The molecule has 4 atom stereocenters. The van der Waals surface area contributed by atoms with Crippen LogP contribution in [-0.2, 0) is 31.6 Å². The third-order valence-corrected chi connectivity index (χ3v) is 6.73. The van der Waals surface area contributed by atoms with Gasteiger partial charge in [-0.15, -0.1) is 0 Å². The Morgan fingerprint density at radius 3 is 2.43 bits per heavy atom. The Kier molecular flexibility index (Phi) is 6.71. The first-order chi connectivity index (χ1) is 12.7. The van der Waals surface area contributed by atoms with Crippen LogP contribution in [0.25, 0.3) is 0 Å². The maximum absolute atomic E-state index is 11.7. The Morgan fingerprint density at radius 2 is 1.86 bits per heavy atom. The molecule has 2 heterocycles. The summed E-state index contributed by atoms with van der Waals surface area (Å²) in [6.45, 7) is 2.81. The summed E-state index contributed by atoms with van der Waals surface area (Å²) in [5.41, 5.74) is 5.50. The van der Waals surface area contributed by atoms with E-state index in [1.165, 1.54) is 17.2 Å². The lowest BCUT2D eigenvalue weighted by atomic mass is 10.3. The minimum absolute atomic E-state index is 0.145. The molecule has 2 rings (SSSR count). The number of hydrogen-bond acceptors (Lipinski definition) is 11. The fourth-order valence-corrected chi connectivity index (χ4v) is 4.99. The maximum Gasteiger partial charge on any atom is 0.490 e. The number of phosphoric ester groups is 1. The van der Waals surface area contributed by atoms with E-state index in [1.54, 1.807) is 0 Å². The molecule has 7 N–H and O–H groups in total. The summed E-state index contributed by atoms with van der Waals surface area (Å²) < 4.78 is 50.3. The highest BCUT2D eigenvalue weighted by Gasteiger charge is 2.41. The number of nitrogens with two attached hydrogens (primary N) is 1. The molecule has 0 radical (unpaired) electrons. The van der Waals surface area contributed by atoms with Crippen molar-refractivity contribution in [3.63, 3.8) is 0 Å². The summed E-state index contributed by atoms with van der Waals surface area (Å²) in [5, 5.41) is 10.0. The predicted octanol–water partition coefficient (Wildman–Crippen LogP) is -0.412. The first-order valence-corrected chi connectivity index (χ1v) is 11.5. The number of aliphatic imine (C=N–C) groups is 1. The largest absolute Gasteiger partial charge is 0.490 e. The molecule has 15 nitrogen and oxygen atoms in total. The van der Waals surface area contributed by atoms with Crippen LogP contribution in [0.5, 0.6) is 0 Å². The number of nitrogens with zero attached hydrogens (tertiary/aromatic N) is 2. The van der Waals surface area contributed by atoms with Crippen LogP contribution in [0, 0.1) is 0 Å². The van der Waals surface area contributed by atoms with Gasteiger partial charge in [0.05, 0.1) is 0 Å². The SMILES string of the molecule is C=C1N=C(N)C=CN1[C@@H]1OC(COP(=O)(O)OP(=O)(O)OP(=O)(O)O)=C[C@@H]1O. The van der Waals surface area contributed by atoms with Crippen molar-refractivity contribution in [2.75, 3.05) is 6.61 Å². The second kappa shape index (κ2) is 8.19. The van der Waals surface area contributed by atoms with Gasteiger partial charge >= 0.3 is 23.5 Å². The third kappa shape index (κ3) is 6.62. The van der Waals surface area contributed by atoms with Crippen LogP contribution in [-0.4, -0.2) is 54.4 Å². The lowest BCUT2D eigenvalue weighted by Crippen LogP contribution is -2.39. The summed E-state index contributed by atoms with van der Waals surface area (Å²) >= 11 is 0. The van der Waals surface area contributed by atoms with Gasteiger partial charge in [-0.25, -0.2) is 18.7 Å². The Balaban J connectivity index is 1.94. The molecule has 0 bridgehead atoms. The highest BCUT2D eigenvalue weighted by Crippen LogP contribution is 2.66. The van der Waals surface area contributed by atoms with Gasteiger partial charge in [-0.2, -0.15) is 8.62 Å². The average molecular weight is 463 g/mol. The van der Waals surface area contributed by atoms with Crippen molar-refractivity contribution < 1.29 is 56.3 Å². The zero-order valence-electron chi connectivity index (χ0n) is 13.7. The number of phosphoric acid groups is 3. The van der Waals surface area contributed by atoms with Crippen molar-refractivity contribution in [3.05, 3.63) is 36.5 Å². The van der Waals surface area contributed by atoms with Crippen LogP contribution in [0.15, 0.2) is 41.5 Å². The van der Waals surface area contributed by atoms with Gasteiger partial charge in [-0.3, -0.25) is 9.42 Å². The van der Waals surface area contributed by atoms with E-state index in [4.69, 9.17) is 25.2 Å². The maximum atomic E-state index is 11.7. The quantitative estimate of drug-likeness (QED) is 0.251. The van der Waals surface area contributed by atoms with Crippen LogP contribution in [0.3, 0.4) is 0 Å². The average Bonchev–Trinajstić information content (AvgIpc) is 2.82. The molecule has 0 fully saturated rings. The molecule has 0 amide bonds. The second-order valence-electron chi connectivity index (χ2n) is 5.17. The van der Waals surface area contributed by atoms with E-state index < -0.39 is 42.4 Å². The van der Waals surface area contributed by atoms with Crippen molar-refractivity contribution >= 4 is 29.3 Å². The van der Waals surface area contributed by atoms with Crippen molar-refractivity contribution in [1.82, 2.24) is 4.90 Å². The van der Waals surface area contributed by atoms with Crippen molar-refractivity contribution in [2.24, 2.45) is 10.7 Å². The number of rotatable bonds is 8. The van der Waals surface area contributed by atoms with Crippen LogP contribution < -0.4 is 5.73 Å². The van der Waals surface area contributed by atoms with Gasteiger partial charge in [0.25, 0.3) is 0 Å². The molecular weight excluding hydrogens is 447 g/mol. The molecule has 18 heteroatoms. The van der Waals surface area contributed by atoms with Crippen molar-refractivity contribution in [1.29, 1.82) is 0 Å². The molecule has 0 saturated heterocycles. The standard InChI is InChI=1S/C10H16N3O12P3/c1-6-12-9(11)2-3-13(6)10-8(14)4-7(23-10)5-22-27(18,19)25-28(20,21)24-26(15,16)17/h2-4,8,10,14H,1,5H2,(H2,11,12)(H,18,19)(H,20,21)(H2,15,16,17)/t8-,10+/m0/s1. The molecule has 2 aliphatic heterocycles. The number of aliphatic hydroxyl groups is 1. The topological polar surface area (TPSA) is 231 Å². The molecule has 158 valence electrons. The first-order valence-electron chi connectivity index (χ1n) is 7.01. The molecular formula is C10H16N3O12P3. The fraction of sp³-hybridized carbons (Fsp3) is 0.300. The van der Waals surface area contributed by atoms with Crippen LogP contribution in [0.1, 0.15) is 0 Å². The molecule has 0 aromatic rings. The fourth-order valence-electron chi connectivity index (χ4n) is 2.01. The van der Waals surface area contributed by atoms with Gasteiger partial charge in [-0.05, 0) is 12.2 Å². The predicted molar refractivity (Wildman–Crippen MR) is 90.5 cm³/mol. The minimum atomic E-state index is -5.62. The Bertz CT molecular complexity index is 878. The number of hydrogen-bond donors (Lipinski definition) is 6. The zero-order chi connectivity index (χ0) is 21.3. The van der Waals surface area contributed by atoms with Crippen LogP contribution >= 0.6 is 23.5 Å². The summed E-state index contributed by atoms with van der Waals surface area (Å²) in [4.78, 5) is 40.5. The van der Waals surface area contributed by atoms with E-state index in [2.05, 4.69) is 24.7 Å². The Labute approximate surface area is 157 Å². The van der Waals surface area contributed by atoms with Crippen LogP contribution in [0.4, 0.5) is 0 Å². The summed E-state index contributed by atoms with van der Waals surface area (Å²) in [7, 11) is -16.4. The van der Waals surface area contributed by atoms with Gasteiger partial charge < -0.3 is 35.2 Å². The molecule has 0 aromatic heterocycles. The van der Waals surface area contributed by atoms with Gasteiger partial charge in [0.2, 0.25) is 6.23 Å². The first kappa shape index (κ1) is 22.9. The highest BCUT2D eigenvalue weighted by atomic mass is 31.3. The van der Waals surface area contributed by atoms with Crippen molar-refractivity contribution in [2.45, 2.75) is 12.3 Å². The Hall–Kier alpha value is -1.34. The summed E-state index contributed by atoms with van der Waals surface area (Å²) in [6.07, 6.45) is 1.65.